The van der Waals surface area contributed by atoms with Crippen LogP contribution in [0.3, 0.4) is 0 Å². The first-order valence-corrected chi connectivity index (χ1v) is 11.4. The van der Waals surface area contributed by atoms with Crippen LogP contribution in [0.2, 0.25) is 5.02 Å². The molecule has 1 atom stereocenters. The summed E-state index contributed by atoms with van der Waals surface area (Å²) in [5.41, 5.74) is 5.50. The number of primary amides is 1. The fourth-order valence-corrected chi connectivity index (χ4v) is 5.56. The number of piperidine rings is 1. The number of amides is 1. The molecule has 3 rings (SSSR count). The van der Waals surface area contributed by atoms with Crippen molar-refractivity contribution in [3.63, 3.8) is 0 Å². The summed E-state index contributed by atoms with van der Waals surface area (Å²) < 4.78 is 47.4. The first-order valence-electron chi connectivity index (χ1n) is 9.55. The Morgan fingerprint density at radius 2 is 2.03 bits per heavy atom. The van der Waals surface area contributed by atoms with Gasteiger partial charge in [0.05, 0.1) is 6.61 Å². The van der Waals surface area contributed by atoms with Crippen LogP contribution in [0.4, 0.5) is 4.39 Å². The third-order valence-corrected chi connectivity index (χ3v) is 7.61. The molecule has 0 aliphatic carbocycles. The lowest BCUT2D eigenvalue weighted by molar-refractivity contribution is -0.121. The maximum absolute atomic E-state index is 14.2. The first kappa shape index (κ1) is 22.5. The van der Waals surface area contributed by atoms with Crippen LogP contribution in [0.5, 0.6) is 5.75 Å². The lowest BCUT2D eigenvalue weighted by Crippen LogP contribution is -2.50. The van der Waals surface area contributed by atoms with Gasteiger partial charge in [0.15, 0.2) is 0 Å². The molecule has 9 heteroatoms. The molecule has 2 aromatic rings. The lowest BCUT2D eigenvalue weighted by Gasteiger charge is -2.41. The number of aryl methyl sites for hydroxylation is 1. The molecule has 0 spiro atoms. The molecule has 30 heavy (non-hydrogen) atoms. The molecule has 0 aromatic heterocycles. The highest BCUT2D eigenvalue weighted by Gasteiger charge is 2.42. The van der Waals surface area contributed by atoms with E-state index in [1.807, 2.05) is 6.92 Å². The molecule has 1 heterocycles. The van der Waals surface area contributed by atoms with Gasteiger partial charge in [0, 0.05) is 29.9 Å². The average Bonchev–Trinajstić information content (AvgIpc) is 2.69. The van der Waals surface area contributed by atoms with Crippen molar-refractivity contribution in [3.8, 4) is 5.75 Å². The molecule has 2 N–H and O–H groups in total. The van der Waals surface area contributed by atoms with E-state index in [2.05, 4.69) is 0 Å². The number of benzene rings is 2. The molecule has 0 bridgehead atoms. The van der Waals surface area contributed by atoms with Crippen LogP contribution < -0.4 is 10.5 Å². The second kappa shape index (κ2) is 8.91. The van der Waals surface area contributed by atoms with Crippen molar-refractivity contribution in [2.24, 2.45) is 11.1 Å². The summed E-state index contributed by atoms with van der Waals surface area (Å²) in [6, 6.07) is 10.5. The Labute approximate surface area is 180 Å². The van der Waals surface area contributed by atoms with Crippen LogP contribution in [0.1, 0.15) is 24.8 Å². The van der Waals surface area contributed by atoms with Gasteiger partial charge in [0.2, 0.25) is 15.9 Å². The standard InChI is InChI=1S/C21H24ClFN2O4S/c1-15-11-16(7-8-17(15)22)29-14-21(12-20(24)26)9-4-10-25(13-21)30(27,28)19-6-3-2-5-18(19)23/h2-3,5-8,11H,4,9-10,12-14H2,1H3,(H2,24,26)/t21-/m0/s1. The van der Waals surface area contributed by atoms with Gasteiger partial charge in [-0.25, -0.2) is 12.8 Å². The summed E-state index contributed by atoms with van der Waals surface area (Å²) in [5.74, 6) is -0.790. The molecule has 0 saturated carbocycles. The van der Waals surface area contributed by atoms with Crippen LogP contribution in [0.15, 0.2) is 47.4 Å². The van der Waals surface area contributed by atoms with Crippen molar-refractivity contribution in [3.05, 3.63) is 58.9 Å². The number of carbonyl (C=O) groups excluding carboxylic acids is 1. The van der Waals surface area contributed by atoms with E-state index >= 15 is 0 Å². The van der Waals surface area contributed by atoms with E-state index in [0.29, 0.717) is 23.6 Å². The summed E-state index contributed by atoms with van der Waals surface area (Å²) in [6.07, 6.45) is 1.03. The van der Waals surface area contributed by atoms with Crippen LogP contribution in [-0.2, 0) is 14.8 Å². The average molecular weight is 455 g/mol. The maximum Gasteiger partial charge on any atom is 0.246 e. The smallest absolute Gasteiger partial charge is 0.246 e. The van der Waals surface area contributed by atoms with E-state index in [-0.39, 0.29) is 31.0 Å². The Kier molecular flexibility index (Phi) is 6.69. The van der Waals surface area contributed by atoms with Crippen molar-refractivity contribution < 1.29 is 22.3 Å². The van der Waals surface area contributed by atoms with Crippen LogP contribution >= 0.6 is 11.6 Å². The molecule has 0 radical (unpaired) electrons. The van der Waals surface area contributed by atoms with Crippen LogP contribution in [-0.4, -0.2) is 38.3 Å². The van der Waals surface area contributed by atoms with E-state index in [1.165, 1.54) is 22.5 Å². The minimum atomic E-state index is -4.06. The zero-order chi connectivity index (χ0) is 21.9. The topological polar surface area (TPSA) is 89.7 Å². The molecule has 0 unspecified atom stereocenters. The first-order chi connectivity index (χ1) is 14.1. The number of hydrogen-bond donors (Lipinski definition) is 1. The monoisotopic (exact) mass is 454 g/mol. The Morgan fingerprint density at radius 3 is 2.70 bits per heavy atom. The Balaban J connectivity index is 1.85. The van der Waals surface area contributed by atoms with E-state index in [4.69, 9.17) is 22.1 Å². The molecule has 1 saturated heterocycles. The summed E-state index contributed by atoms with van der Waals surface area (Å²) in [6.45, 7) is 2.19. The molecule has 162 valence electrons. The van der Waals surface area contributed by atoms with Gasteiger partial charge in [0.25, 0.3) is 0 Å². The Hall–Kier alpha value is -2.16. The molecule has 6 nitrogen and oxygen atoms in total. The largest absolute Gasteiger partial charge is 0.493 e. The van der Waals surface area contributed by atoms with E-state index in [1.54, 1.807) is 18.2 Å². The zero-order valence-electron chi connectivity index (χ0n) is 16.6. The second-order valence-corrected chi connectivity index (χ2v) is 10.0. The van der Waals surface area contributed by atoms with Crippen molar-refractivity contribution in [1.82, 2.24) is 4.31 Å². The van der Waals surface area contributed by atoms with Gasteiger partial charge in [-0.3, -0.25) is 4.79 Å². The number of rotatable bonds is 7. The molecule has 2 aromatic carbocycles. The van der Waals surface area contributed by atoms with Crippen molar-refractivity contribution in [2.75, 3.05) is 19.7 Å². The van der Waals surface area contributed by atoms with Gasteiger partial charge in [-0.1, -0.05) is 23.7 Å². The van der Waals surface area contributed by atoms with Crippen molar-refractivity contribution >= 4 is 27.5 Å². The van der Waals surface area contributed by atoms with Gasteiger partial charge in [-0.15, -0.1) is 0 Å². The highest BCUT2D eigenvalue weighted by atomic mass is 35.5. The predicted octanol–water partition coefficient (Wildman–Crippen LogP) is 3.51. The molecule has 1 aliphatic heterocycles. The molecule has 1 fully saturated rings. The molecule has 1 amide bonds. The van der Waals surface area contributed by atoms with Gasteiger partial charge >= 0.3 is 0 Å². The third-order valence-electron chi connectivity index (χ3n) is 5.30. The SMILES string of the molecule is Cc1cc(OC[C@]2(CC(N)=O)CCCN(S(=O)(=O)c3ccccc3F)C2)ccc1Cl. The summed E-state index contributed by atoms with van der Waals surface area (Å²) in [4.78, 5) is 11.4. The summed E-state index contributed by atoms with van der Waals surface area (Å²) in [7, 11) is -4.06. The van der Waals surface area contributed by atoms with Gasteiger partial charge in [-0.2, -0.15) is 4.31 Å². The van der Waals surface area contributed by atoms with Crippen LogP contribution in [0.25, 0.3) is 0 Å². The fourth-order valence-electron chi connectivity index (χ4n) is 3.79. The molecule has 1 aliphatic rings. The Bertz CT molecular complexity index is 1050. The predicted molar refractivity (Wildman–Crippen MR) is 112 cm³/mol. The number of ether oxygens (including phenoxy) is 1. The molecular weight excluding hydrogens is 431 g/mol. The summed E-state index contributed by atoms with van der Waals surface area (Å²) in [5, 5.41) is 0.606. The number of sulfonamides is 1. The fraction of sp³-hybridized carbons (Fsp3) is 0.381. The third kappa shape index (κ3) is 4.94. The lowest BCUT2D eigenvalue weighted by atomic mass is 9.78. The van der Waals surface area contributed by atoms with Crippen molar-refractivity contribution in [2.45, 2.75) is 31.1 Å². The number of nitrogens with two attached hydrogens (primary N) is 1. The Morgan fingerprint density at radius 1 is 1.30 bits per heavy atom. The normalized spacial score (nSPS) is 20.1. The minimum Gasteiger partial charge on any atom is -0.493 e. The second-order valence-electron chi connectivity index (χ2n) is 7.72. The maximum atomic E-state index is 14.2. The minimum absolute atomic E-state index is 0.0131. The molecular formula is C21H24ClFN2O4S. The summed E-state index contributed by atoms with van der Waals surface area (Å²) >= 11 is 6.05. The van der Waals surface area contributed by atoms with E-state index < -0.39 is 27.2 Å². The number of hydrogen-bond acceptors (Lipinski definition) is 4. The van der Waals surface area contributed by atoms with Gasteiger partial charge < -0.3 is 10.5 Å². The number of carbonyl (C=O) groups is 1. The highest BCUT2D eigenvalue weighted by molar-refractivity contribution is 7.89. The quantitative estimate of drug-likeness (QED) is 0.693. The highest BCUT2D eigenvalue weighted by Crippen LogP contribution is 2.37. The van der Waals surface area contributed by atoms with Gasteiger partial charge in [0.1, 0.15) is 16.5 Å². The zero-order valence-corrected chi connectivity index (χ0v) is 18.2. The number of nitrogens with zero attached hydrogens (tertiary/aromatic N) is 1. The van der Waals surface area contributed by atoms with Crippen molar-refractivity contribution in [1.29, 1.82) is 0 Å². The van der Waals surface area contributed by atoms with Gasteiger partial charge in [-0.05, 0) is 55.7 Å². The van der Waals surface area contributed by atoms with Crippen LogP contribution in [0, 0.1) is 18.2 Å². The van der Waals surface area contributed by atoms with E-state index in [0.717, 1.165) is 11.6 Å². The number of halogens is 2. The van der Waals surface area contributed by atoms with E-state index in [9.17, 15) is 17.6 Å².